The molecule has 2 aromatic rings. The molecule has 4 rings (SSSR count). The Morgan fingerprint density at radius 1 is 1.09 bits per heavy atom. The number of nitrogens with zero attached hydrogens (tertiary/aromatic N) is 2. The minimum Gasteiger partial charge on any atom is -0.492 e. The quantitative estimate of drug-likeness (QED) is 0.548. The Hall–Kier alpha value is -2.13. The molecule has 0 aliphatic carbocycles. The van der Waals surface area contributed by atoms with Crippen LogP contribution in [0.4, 0.5) is 13.2 Å². The first kappa shape index (κ1) is 25.0. The van der Waals surface area contributed by atoms with Crippen LogP contribution < -0.4 is 4.74 Å². The number of hydrogen-bond acceptors (Lipinski definition) is 5. The van der Waals surface area contributed by atoms with Crippen molar-refractivity contribution in [1.82, 2.24) is 9.80 Å². The van der Waals surface area contributed by atoms with Crippen LogP contribution in [0, 0.1) is 5.92 Å². The van der Waals surface area contributed by atoms with E-state index in [-0.39, 0.29) is 25.2 Å². The fourth-order valence-electron chi connectivity index (χ4n) is 5.00. The van der Waals surface area contributed by atoms with E-state index in [0.717, 1.165) is 41.9 Å². The summed E-state index contributed by atoms with van der Waals surface area (Å²) in [6.07, 6.45) is 0.585. The SMILES string of the molecule is C[C@@H]1Cc2cc(CO)ccc2[C@H](c2ccc(OCCN3CC(CF)C3)cc2)N1CC(F)(F)CO. The molecule has 34 heavy (non-hydrogen) atoms. The molecular formula is C26H33F3N2O3. The minimum absolute atomic E-state index is 0.0729. The molecule has 1 saturated heterocycles. The normalized spacial score (nSPS) is 21.8. The third kappa shape index (κ3) is 5.57. The van der Waals surface area contributed by atoms with Crippen molar-refractivity contribution in [2.75, 3.05) is 46.1 Å². The number of fused-ring (bicyclic) bond motifs is 1. The molecule has 0 bridgehead atoms. The van der Waals surface area contributed by atoms with Gasteiger partial charge < -0.3 is 14.9 Å². The molecule has 2 heterocycles. The summed E-state index contributed by atoms with van der Waals surface area (Å²) >= 11 is 0. The van der Waals surface area contributed by atoms with E-state index in [4.69, 9.17) is 4.74 Å². The van der Waals surface area contributed by atoms with Crippen molar-refractivity contribution < 1.29 is 28.1 Å². The molecule has 0 amide bonds. The van der Waals surface area contributed by atoms with Gasteiger partial charge in [-0.25, -0.2) is 8.78 Å². The monoisotopic (exact) mass is 478 g/mol. The van der Waals surface area contributed by atoms with Gasteiger partial charge in [0.15, 0.2) is 0 Å². The largest absolute Gasteiger partial charge is 0.492 e. The van der Waals surface area contributed by atoms with E-state index < -0.39 is 25.1 Å². The maximum absolute atomic E-state index is 14.3. The van der Waals surface area contributed by atoms with Gasteiger partial charge in [-0.1, -0.05) is 30.3 Å². The second-order valence-corrected chi connectivity index (χ2v) is 9.53. The highest BCUT2D eigenvalue weighted by molar-refractivity contribution is 5.43. The number of benzene rings is 2. The summed E-state index contributed by atoms with van der Waals surface area (Å²) in [6, 6.07) is 12.6. The van der Waals surface area contributed by atoms with E-state index in [9.17, 15) is 23.4 Å². The zero-order chi connectivity index (χ0) is 24.3. The summed E-state index contributed by atoms with van der Waals surface area (Å²) in [5.74, 6) is -2.37. The number of aliphatic hydroxyl groups excluding tert-OH is 2. The van der Waals surface area contributed by atoms with Crippen molar-refractivity contribution in [2.45, 2.75) is 38.0 Å². The lowest BCUT2D eigenvalue weighted by molar-refractivity contribution is -0.0862. The van der Waals surface area contributed by atoms with E-state index in [1.54, 1.807) is 4.90 Å². The molecule has 186 valence electrons. The van der Waals surface area contributed by atoms with Crippen LogP contribution in [0.15, 0.2) is 42.5 Å². The fraction of sp³-hybridized carbons (Fsp3) is 0.538. The molecule has 0 aromatic heterocycles. The lowest BCUT2D eigenvalue weighted by Gasteiger charge is -2.43. The highest BCUT2D eigenvalue weighted by Crippen LogP contribution is 2.40. The summed E-state index contributed by atoms with van der Waals surface area (Å²) in [7, 11) is 0. The van der Waals surface area contributed by atoms with Crippen LogP contribution in [-0.2, 0) is 13.0 Å². The van der Waals surface area contributed by atoms with Crippen LogP contribution in [-0.4, -0.2) is 78.0 Å². The summed E-state index contributed by atoms with van der Waals surface area (Å²) in [6.45, 7) is 2.59. The Balaban J connectivity index is 1.52. The van der Waals surface area contributed by atoms with Gasteiger partial charge in [0.1, 0.15) is 19.0 Å². The Bertz CT molecular complexity index is 951. The van der Waals surface area contributed by atoms with Gasteiger partial charge in [0.05, 0.1) is 25.9 Å². The Labute approximate surface area is 198 Å². The molecule has 2 aliphatic heterocycles. The molecule has 0 unspecified atom stereocenters. The molecule has 8 heteroatoms. The minimum atomic E-state index is -3.21. The fourth-order valence-corrected chi connectivity index (χ4v) is 5.00. The standard InChI is InChI=1S/C26H33F3N2O3/c1-18-10-22-11-19(15-32)2-7-24(22)25(31(18)16-26(28,29)17-33)21-3-5-23(6-4-21)34-9-8-30-13-20(12-27)14-30/h2-7,11,18,20,25,32-33H,8-10,12-17H2,1H3/t18-,25+/m1/s1. The summed E-state index contributed by atoms with van der Waals surface area (Å²) in [4.78, 5) is 3.90. The van der Waals surface area contributed by atoms with Gasteiger partial charge in [-0.2, -0.15) is 0 Å². The Morgan fingerprint density at radius 2 is 1.82 bits per heavy atom. The zero-order valence-electron chi connectivity index (χ0n) is 19.5. The molecule has 2 aliphatic rings. The topological polar surface area (TPSA) is 56.2 Å². The predicted octanol–water partition coefficient (Wildman–Crippen LogP) is 3.42. The van der Waals surface area contributed by atoms with Crippen LogP contribution in [0.5, 0.6) is 5.75 Å². The van der Waals surface area contributed by atoms with Crippen LogP contribution in [0.3, 0.4) is 0 Å². The van der Waals surface area contributed by atoms with Crippen LogP contribution in [0.1, 0.15) is 35.2 Å². The number of alkyl halides is 3. The number of ether oxygens (including phenoxy) is 1. The van der Waals surface area contributed by atoms with Gasteiger partial charge in [-0.15, -0.1) is 0 Å². The van der Waals surface area contributed by atoms with Crippen LogP contribution in [0.2, 0.25) is 0 Å². The van der Waals surface area contributed by atoms with Crippen molar-refractivity contribution in [2.24, 2.45) is 5.92 Å². The molecule has 2 N–H and O–H groups in total. The van der Waals surface area contributed by atoms with Gasteiger partial charge in [-0.05, 0) is 47.7 Å². The maximum Gasteiger partial charge on any atom is 0.283 e. The van der Waals surface area contributed by atoms with Gasteiger partial charge in [-0.3, -0.25) is 14.2 Å². The van der Waals surface area contributed by atoms with Crippen LogP contribution in [0.25, 0.3) is 0 Å². The maximum atomic E-state index is 14.3. The highest BCUT2D eigenvalue weighted by atomic mass is 19.3. The molecule has 2 atom stereocenters. The number of aliphatic hydroxyl groups is 2. The summed E-state index contributed by atoms with van der Waals surface area (Å²) in [5.41, 5.74) is 3.62. The first-order valence-electron chi connectivity index (χ1n) is 11.8. The third-order valence-corrected chi connectivity index (χ3v) is 6.87. The number of halogens is 3. The molecule has 0 radical (unpaired) electrons. The first-order chi connectivity index (χ1) is 16.3. The van der Waals surface area contributed by atoms with E-state index in [1.807, 2.05) is 49.4 Å². The van der Waals surface area contributed by atoms with Crippen molar-refractivity contribution in [3.8, 4) is 5.75 Å². The van der Waals surface area contributed by atoms with Gasteiger partial charge in [0, 0.05) is 31.6 Å². The number of hydrogen-bond donors (Lipinski definition) is 2. The first-order valence-corrected chi connectivity index (χ1v) is 11.8. The van der Waals surface area contributed by atoms with Gasteiger partial charge in [0.2, 0.25) is 0 Å². The zero-order valence-corrected chi connectivity index (χ0v) is 19.5. The lowest BCUT2D eigenvalue weighted by Crippen LogP contribution is -2.49. The van der Waals surface area contributed by atoms with E-state index in [2.05, 4.69) is 4.90 Å². The van der Waals surface area contributed by atoms with E-state index >= 15 is 0 Å². The molecule has 1 fully saturated rings. The van der Waals surface area contributed by atoms with E-state index in [0.29, 0.717) is 18.8 Å². The summed E-state index contributed by atoms with van der Waals surface area (Å²) in [5, 5.41) is 18.7. The summed E-state index contributed by atoms with van der Waals surface area (Å²) < 4.78 is 46.9. The molecule has 2 aromatic carbocycles. The van der Waals surface area contributed by atoms with Crippen molar-refractivity contribution in [3.05, 3.63) is 64.7 Å². The van der Waals surface area contributed by atoms with Crippen molar-refractivity contribution in [3.63, 3.8) is 0 Å². The third-order valence-electron chi connectivity index (χ3n) is 6.87. The molecule has 5 nitrogen and oxygen atoms in total. The van der Waals surface area contributed by atoms with E-state index in [1.165, 1.54) is 0 Å². The predicted molar refractivity (Wildman–Crippen MR) is 124 cm³/mol. The van der Waals surface area contributed by atoms with Gasteiger partial charge in [0.25, 0.3) is 5.92 Å². The number of rotatable bonds is 10. The highest BCUT2D eigenvalue weighted by Gasteiger charge is 2.40. The lowest BCUT2D eigenvalue weighted by atomic mass is 9.84. The Kier molecular flexibility index (Phi) is 7.82. The number of likely N-dealkylation sites (tertiary alicyclic amines) is 1. The molecule has 0 spiro atoms. The molecular weight excluding hydrogens is 445 g/mol. The van der Waals surface area contributed by atoms with Crippen molar-refractivity contribution >= 4 is 0 Å². The smallest absolute Gasteiger partial charge is 0.283 e. The average Bonchev–Trinajstić information content (AvgIpc) is 2.81. The Morgan fingerprint density at radius 3 is 2.47 bits per heavy atom. The molecule has 0 saturated carbocycles. The average molecular weight is 479 g/mol. The second-order valence-electron chi connectivity index (χ2n) is 9.53. The van der Waals surface area contributed by atoms with Gasteiger partial charge >= 0.3 is 0 Å². The van der Waals surface area contributed by atoms with Crippen LogP contribution >= 0.6 is 0 Å². The van der Waals surface area contributed by atoms with Crippen molar-refractivity contribution in [1.29, 1.82) is 0 Å². The second kappa shape index (κ2) is 10.6.